The maximum absolute atomic E-state index is 2.58. The number of fused-ring (bicyclic) bond motifs is 6. The van der Waals surface area contributed by atoms with E-state index in [-0.39, 0.29) is 24.8 Å². The Bertz CT molecular complexity index is 873. The molecule has 0 radical (unpaired) electrons. The van der Waals surface area contributed by atoms with Gasteiger partial charge in [0.05, 0.1) is 0 Å². The summed E-state index contributed by atoms with van der Waals surface area (Å²) in [5.74, 6) is 0. The fraction of sp³-hybridized carbons (Fsp3) is 0.200. The van der Waals surface area contributed by atoms with Crippen molar-refractivity contribution in [2.24, 2.45) is 0 Å². The van der Waals surface area contributed by atoms with Crippen molar-refractivity contribution in [3.8, 4) is 0 Å². The molecular weight excluding hydrogens is 518 g/mol. The smallest absolute Gasteiger partial charge is 1.00 e. The average Bonchev–Trinajstić information content (AvgIpc) is 3.04. The largest absolute Gasteiger partial charge is 1.00 e. The van der Waals surface area contributed by atoms with Crippen molar-refractivity contribution in [2.45, 2.75) is 20.3 Å². The van der Waals surface area contributed by atoms with Crippen LogP contribution in [0.4, 0.5) is 0 Å². The first-order valence-electron chi connectivity index (χ1n) is 8.08. The molecule has 2 aliphatic carbocycles. The van der Waals surface area contributed by atoms with Crippen molar-refractivity contribution in [3.05, 3.63) is 81.2 Å². The van der Waals surface area contributed by atoms with Crippen LogP contribution < -0.4 is 24.8 Å². The van der Waals surface area contributed by atoms with Gasteiger partial charge in [0.15, 0.2) is 0 Å². The Balaban J connectivity index is 0.000000845. The van der Waals surface area contributed by atoms with Crippen LogP contribution in [0.3, 0.4) is 0 Å². The van der Waals surface area contributed by atoms with Crippen LogP contribution in [-0.2, 0) is 26.1 Å². The summed E-state index contributed by atoms with van der Waals surface area (Å²) in [5, 5.41) is 3.69. The van der Waals surface area contributed by atoms with Crippen molar-refractivity contribution >= 4 is 20.9 Å². The molecule has 3 unspecified atom stereocenters. The van der Waals surface area contributed by atoms with E-state index in [0.29, 0.717) is 3.17 Å². The Labute approximate surface area is 169 Å². The van der Waals surface area contributed by atoms with Crippen molar-refractivity contribution in [2.75, 3.05) is 0 Å². The van der Waals surface area contributed by atoms with Gasteiger partial charge in [-0.15, -0.1) is 0 Å². The summed E-state index contributed by atoms with van der Waals surface area (Å²) < 4.78 is 1.31. The molecule has 3 aliphatic rings. The summed E-state index contributed by atoms with van der Waals surface area (Å²) in [7, 11) is -0.985. The van der Waals surface area contributed by atoms with E-state index >= 15 is 0 Å². The predicted octanol–water partition coefficient (Wildman–Crippen LogP) is -1.52. The van der Waals surface area contributed by atoms with Crippen LogP contribution in [0.25, 0.3) is 12.2 Å². The molecule has 0 nitrogen and oxygen atoms in total. The minimum Gasteiger partial charge on any atom is -1.00 e. The van der Waals surface area contributed by atoms with Gasteiger partial charge in [0, 0.05) is 0 Å². The number of halogens is 2. The molecule has 3 atom stereocenters. The van der Waals surface area contributed by atoms with Crippen LogP contribution in [0.5, 0.6) is 0 Å². The quantitative estimate of drug-likeness (QED) is 0.360. The average molecular weight is 536 g/mol. The van der Waals surface area contributed by atoms with Crippen LogP contribution in [-0.4, -0.2) is 8.80 Å². The fourth-order valence-corrected chi connectivity index (χ4v) is 20.6. The summed E-state index contributed by atoms with van der Waals surface area (Å²) in [5.41, 5.74) is 6.34. The minimum atomic E-state index is -0.985. The first kappa shape index (κ1) is 18.4. The summed E-state index contributed by atoms with van der Waals surface area (Å²) in [4.78, 5) is 0. The molecule has 0 bridgehead atoms. The summed E-state index contributed by atoms with van der Waals surface area (Å²) in [6.07, 6.45) is 5.13. The monoisotopic (exact) mass is 536 g/mol. The Kier molecular flexibility index (Phi) is 4.89. The van der Waals surface area contributed by atoms with Crippen molar-refractivity contribution in [3.63, 3.8) is 0 Å². The van der Waals surface area contributed by atoms with Crippen LogP contribution in [0.2, 0.25) is 6.55 Å². The van der Waals surface area contributed by atoms with Gasteiger partial charge >= 0.3 is 145 Å². The minimum absolute atomic E-state index is 0. The molecule has 1 heterocycles. The molecular formula is C20H18Cl2HfSi. The number of rotatable bonds is 0. The molecule has 5 rings (SSSR count). The number of hydrogen-bond acceptors (Lipinski definition) is 0. The second-order valence-corrected chi connectivity index (χ2v) is 16.3. The third-order valence-electron chi connectivity index (χ3n) is 5.75. The van der Waals surface area contributed by atoms with Gasteiger partial charge < -0.3 is 24.8 Å². The normalized spacial score (nSPS) is 27.6. The molecule has 2 aromatic carbocycles. The van der Waals surface area contributed by atoms with E-state index in [1.165, 1.54) is 11.1 Å². The summed E-state index contributed by atoms with van der Waals surface area (Å²) >= 11 is -0.892. The standard InChI is InChI=1S/C20H18Si.2ClH.Hf/c1-14-19-10-6-5-9-17(19)13-20(14)21(2)18-11-15-7-3-4-8-16(15)12-18;;;/h3-13,21H,1-2H3;2*1H;/q;;;+2/p-2. The molecule has 1 saturated heterocycles. The maximum Gasteiger partial charge on any atom is -1.00 e. The molecule has 1 aliphatic heterocycles. The molecule has 120 valence electrons. The van der Waals surface area contributed by atoms with E-state index < -0.39 is 31.7 Å². The Hall–Kier alpha value is -0.413. The first-order valence-corrected chi connectivity index (χ1v) is 14.3. The van der Waals surface area contributed by atoms with Crippen LogP contribution >= 0.6 is 0 Å². The van der Waals surface area contributed by atoms with Gasteiger partial charge in [0.25, 0.3) is 0 Å². The molecule has 0 N–H and O–H groups in total. The second kappa shape index (κ2) is 6.39. The van der Waals surface area contributed by atoms with Gasteiger partial charge in [-0.05, 0) is 0 Å². The van der Waals surface area contributed by atoms with Crippen molar-refractivity contribution < 1.29 is 47.7 Å². The van der Waals surface area contributed by atoms with Crippen LogP contribution in [0, 0.1) is 0 Å². The number of allylic oxidation sites excluding steroid dienone is 2. The van der Waals surface area contributed by atoms with Gasteiger partial charge in [-0.3, -0.25) is 0 Å². The molecule has 0 saturated carbocycles. The maximum atomic E-state index is 2.58. The van der Waals surface area contributed by atoms with E-state index in [2.05, 4.69) is 74.2 Å². The van der Waals surface area contributed by atoms with Gasteiger partial charge in [0.1, 0.15) is 0 Å². The molecule has 0 aromatic heterocycles. The second-order valence-electron chi connectivity index (χ2n) is 6.88. The molecule has 4 heteroatoms. The van der Waals surface area contributed by atoms with E-state index in [1.54, 1.807) is 11.1 Å². The molecule has 0 spiro atoms. The molecule has 2 aromatic rings. The molecule has 0 amide bonds. The van der Waals surface area contributed by atoms with E-state index in [0.717, 1.165) is 3.67 Å². The van der Waals surface area contributed by atoms with Gasteiger partial charge in [-0.1, -0.05) is 0 Å². The Morgan fingerprint density at radius 2 is 1.58 bits per heavy atom. The van der Waals surface area contributed by atoms with Crippen LogP contribution in [0.1, 0.15) is 32.9 Å². The van der Waals surface area contributed by atoms with Crippen molar-refractivity contribution in [1.82, 2.24) is 0 Å². The SMILES string of the molecule is C[SiH]1C2=Cc3ccccc3[CH]2[Hf+2][C]2(C)C1=Cc1ccccc12.[Cl-].[Cl-]. The fourth-order valence-electron chi connectivity index (χ4n) is 4.62. The van der Waals surface area contributed by atoms with Gasteiger partial charge in [-0.2, -0.15) is 0 Å². The zero-order valence-electron chi connectivity index (χ0n) is 13.7. The van der Waals surface area contributed by atoms with Gasteiger partial charge in [0.2, 0.25) is 0 Å². The predicted molar refractivity (Wildman–Crippen MR) is 91.9 cm³/mol. The van der Waals surface area contributed by atoms with E-state index in [4.69, 9.17) is 0 Å². The van der Waals surface area contributed by atoms with E-state index in [1.807, 2.05) is 10.4 Å². The van der Waals surface area contributed by atoms with Crippen molar-refractivity contribution in [1.29, 1.82) is 0 Å². The Morgan fingerprint density at radius 1 is 0.917 bits per heavy atom. The summed E-state index contributed by atoms with van der Waals surface area (Å²) in [6, 6.07) is 18.3. The summed E-state index contributed by atoms with van der Waals surface area (Å²) in [6.45, 7) is 5.15. The zero-order valence-corrected chi connectivity index (χ0v) is 19.9. The zero-order chi connectivity index (χ0) is 14.9. The van der Waals surface area contributed by atoms with Gasteiger partial charge in [-0.25, -0.2) is 0 Å². The molecule has 1 fully saturated rings. The van der Waals surface area contributed by atoms with Crippen LogP contribution in [0.15, 0.2) is 58.9 Å². The third kappa shape index (κ3) is 2.34. The van der Waals surface area contributed by atoms with E-state index in [9.17, 15) is 0 Å². The number of hydrogen-bond donors (Lipinski definition) is 0. The molecule has 24 heavy (non-hydrogen) atoms. The first-order chi connectivity index (χ1) is 10.7. The number of benzene rings is 2. The Morgan fingerprint density at radius 3 is 2.38 bits per heavy atom. The topological polar surface area (TPSA) is 0 Å². The third-order valence-corrected chi connectivity index (χ3v) is 18.6.